The summed E-state index contributed by atoms with van der Waals surface area (Å²) in [6.07, 6.45) is 12.1. The molecule has 0 saturated carbocycles. The molecular formula is C38H48ClN2O2+. The van der Waals surface area contributed by atoms with Gasteiger partial charge in [-0.1, -0.05) is 49.7 Å². The number of rotatable bonds is 7. The molecule has 2 aliphatic heterocycles. The number of aliphatic hydroxyl groups is 1. The van der Waals surface area contributed by atoms with E-state index in [2.05, 4.69) is 113 Å². The van der Waals surface area contributed by atoms with Gasteiger partial charge < -0.3 is 14.7 Å². The van der Waals surface area contributed by atoms with Gasteiger partial charge >= 0.3 is 0 Å². The van der Waals surface area contributed by atoms with Gasteiger partial charge in [0.1, 0.15) is 12.3 Å². The molecule has 0 saturated heterocycles. The minimum atomic E-state index is -0.171. The SMILES string of the molecule is CCN1C(=CC=C2CCCC(C=CC3=[N+](CC)c4c(C)cc(OC)cc4C3(C)C)=C2Cl)C(C)(C)c2cc(CO)cc(C)c21. The van der Waals surface area contributed by atoms with E-state index in [0.29, 0.717) is 0 Å². The Balaban J connectivity index is 1.51. The van der Waals surface area contributed by atoms with Crippen LogP contribution in [0.5, 0.6) is 5.75 Å². The van der Waals surface area contributed by atoms with Gasteiger partial charge in [-0.25, -0.2) is 0 Å². The van der Waals surface area contributed by atoms with Crippen molar-refractivity contribution in [1.82, 2.24) is 0 Å². The van der Waals surface area contributed by atoms with Gasteiger partial charge in [0.15, 0.2) is 5.71 Å². The fourth-order valence-electron chi connectivity index (χ4n) is 7.49. The van der Waals surface area contributed by atoms with Crippen LogP contribution in [-0.4, -0.2) is 35.6 Å². The molecular weight excluding hydrogens is 552 g/mol. The van der Waals surface area contributed by atoms with Crippen LogP contribution in [0.15, 0.2) is 70.4 Å². The van der Waals surface area contributed by atoms with Crippen molar-refractivity contribution in [2.75, 3.05) is 25.1 Å². The molecule has 0 bridgehead atoms. The first kappa shape index (κ1) is 31.3. The number of likely N-dealkylation sites (N-methyl/N-ethyl adjacent to an activating group) is 1. The summed E-state index contributed by atoms with van der Waals surface area (Å²) in [6, 6.07) is 8.61. The maximum absolute atomic E-state index is 9.86. The highest BCUT2D eigenvalue weighted by Crippen LogP contribution is 2.50. The molecule has 5 rings (SSSR count). The number of methoxy groups -OCH3 is 1. The van der Waals surface area contributed by atoms with E-state index in [1.165, 1.54) is 56.2 Å². The predicted octanol–water partition coefficient (Wildman–Crippen LogP) is 9.06. The molecule has 0 amide bonds. The van der Waals surface area contributed by atoms with Crippen LogP contribution in [0.4, 0.5) is 11.4 Å². The lowest BCUT2D eigenvalue weighted by molar-refractivity contribution is -0.433. The summed E-state index contributed by atoms with van der Waals surface area (Å²) in [6.45, 7) is 19.8. The molecule has 2 aromatic carbocycles. The lowest BCUT2D eigenvalue weighted by atomic mass is 9.80. The summed E-state index contributed by atoms with van der Waals surface area (Å²) in [5.41, 5.74) is 13.2. The molecule has 0 spiro atoms. The topological polar surface area (TPSA) is 35.7 Å². The maximum atomic E-state index is 9.86. The second-order valence-electron chi connectivity index (χ2n) is 13.2. The maximum Gasteiger partial charge on any atom is 0.212 e. The number of benzene rings is 2. The molecule has 3 aliphatic rings. The number of allylic oxidation sites excluding steroid dienone is 8. The smallest absolute Gasteiger partial charge is 0.212 e. The molecule has 43 heavy (non-hydrogen) atoms. The summed E-state index contributed by atoms with van der Waals surface area (Å²) in [5, 5.41) is 10.7. The third-order valence-electron chi connectivity index (χ3n) is 9.77. The average molecular weight is 600 g/mol. The van der Waals surface area contributed by atoms with Crippen LogP contribution in [-0.2, 0) is 17.4 Å². The monoisotopic (exact) mass is 599 g/mol. The quantitative estimate of drug-likeness (QED) is 0.322. The Kier molecular flexibility index (Phi) is 8.59. The number of hydrogen-bond acceptors (Lipinski definition) is 3. The minimum Gasteiger partial charge on any atom is -0.497 e. The number of hydrogen-bond donors (Lipinski definition) is 1. The summed E-state index contributed by atoms with van der Waals surface area (Å²) >= 11 is 7.16. The van der Waals surface area contributed by atoms with Crippen molar-refractivity contribution in [3.8, 4) is 5.75 Å². The van der Waals surface area contributed by atoms with Gasteiger partial charge in [-0.15, -0.1) is 0 Å². The summed E-state index contributed by atoms with van der Waals surface area (Å²) < 4.78 is 8.07. The number of ether oxygens (including phenoxy) is 1. The summed E-state index contributed by atoms with van der Waals surface area (Å²) in [7, 11) is 1.74. The van der Waals surface area contributed by atoms with E-state index in [0.717, 1.165) is 48.7 Å². The van der Waals surface area contributed by atoms with Gasteiger partial charge in [0.25, 0.3) is 0 Å². The van der Waals surface area contributed by atoms with E-state index in [4.69, 9.17) is 16.3 Å². The van der Waals surface area contributed by atoms with Crippen molar-refractivity contribution in [3.63, 3.8) is 0 Å². The molecule has 0 atom stereocenters. The third kappa shape index (κ3) is 5.21. The van der Waals surface area contributed by atoms with Gasteiger partial charge in [-0.2, -0.15) is 4.58 Å². The van der Waals surface area contributed by atoms with E-state index in [9.17, 15) is 5.11 Å². The van der Waals surface area contributed by atoms with Gasteiger partial charge in [0.2, 0.25) is 5.69 Å². The molecule has 0 unspecified atom stereocenters. The highest BCUT2D eigenvalue weighted by molar-refractivity contribution is 6.32. The predicted molar refractivity (Wildman–Crippen MR) is 181 cm³/mol. The van der Waals surface area contributed by atoms with Crippen LogP contribution in [0.1, 0.15) is 88.6 Å². The Morgan fingerprint density at radius 2 is 1.70 bits per heavy atom. The second-order valence-corrected chi connectivity index (χ2v) is 13.6. The van der Waals surface area contributed by atoms with E-state index in [1.807, 2.05) is 0 Å². The first-order chi connectivity index (χ1) is 20.4. The van der Waals surface area contributed by atoms with Crippen LogP contribution in [0.2, 0.25) is 0 Å². The van der Waals surface area contributed by atoms with Crippen molar-refractivity contribution in [2.24, 2.45) is 0 Å². The molecule has 0 aromatic heterocycles. The zero-order chi connectivity index (χ0) is 31.3. The summed E-state index contributed by atoms with van der Waals surface area (Å²) in [5.74, 6) is 0.909. The van der Waals surface area contributed by atoms with Crippen LogP contribution in [0.3, 0.4) is 0 Å². The highest BCUT2D eigenvalue weighted by Gasteiger charge is 2.45. The number of aliphatic hydroxyl groups excluding tert-OH is 1. The zero-order valence-corrected chi connectivity index (χ0v) is 28.2. The number of aryl methyl sites for hydroxylation is 2. The van der Waals surface area contributed by atoms with Crippen molar-refractivity contribution < 1.29 is 14.4 Å². The van der Waals surface area contributed by atoms with E-state index in [1.54, 1.807) is 7.11 Å². The molecule has 1 aliphatic carbocycles. The largest absolute Gasteiger partial charge is 0.497 e. The molecule has 5 heteroatoms. The second kappa shape index (κ2) is 11.8. The number of halogens is 1. The standard InChI is InChI=1S/C38H48ClN2O2/c1-10-40-32(37(5,6)30-21-26(23-42)19-24(3)35(30)40)17-15-27-13-12-14-28(34(27)39)16-18-33-38(7,8)31-22-29(43-9)20-25(4)36(31)41(33)11-2/h15-22,42H,10-14,23H2,1-9H3/q+1. The first-order valence-corrected chi connectivity index (χ1v) is 16.1. The molecule has 1 N–H and O–H groups in total. The van der Waals surface area contributed by atoms with E-state index in [-0.39, 0.29) is 17.4 Å². The fraction of sp³-hybridized carbons (Fsp3) is 0.447. The first-order valence-electron chi connectivity index (χ1n) is 15.8. The van der Waals surface area contributed by atoms with Crippen molar-refractivity contribution in [2.45, 2.75) is 92.1 Å². The van der Waals surface area contributed by atoms with Crippen molar-refractivity contribution in [1.29, 1.82) is 0 Å². The summed E-state index contributed by atoms with van der Waals surface area (Å²) in [4.78, 5) is 2.43. The van der Waals surface area contributed by atoms with Crippen LogP contribution >= 0.6 is 11.6 Å². The molecule has 0 radical (unpaired) electrons. The van der Waals surface area contributed by atoms with Gasteiger partial charge in [0, 0.05) is 45.6 Å². The Hall–Kier alpha value is -3.08. The normalized spacial score (nSPS) is 21.0. The van der Waals surface area contributed by atoms with Crippen LogP contribution < -0.4 is 9.64 Å². The Labute approximate surface area is 263 Å². The minimum absolute atomic E-state index is 0.0579. The van der Waals surface area contributed by atoms with E-state index < -0.39 is 0 Å². The van der Waals surface area contributed by atoms with Crippen LogP contribution in [0, 0.1) is 13.8 Å². The molecule has 2 aromatic rings. The fourth-order valence-corrected chi connectivity index (χ4v) is 7.81. The van der Waals surface area contributed by atoms with Gasteiger partial charge in [-0.3, -0.25) is 0 Å². The number of fused-ring (bicyclic) bond motifs is 2. The Bertz CT molecular complexity index is 1620. The number of anilines is 1. The van der Waals surface area contributed by atoms with Gasteiger partial charge in [-0.05, 0) is 107 Å². The Morgan fingerprint density at radius 3 is 2.35 bits per heavy atom. The molecule has 228 valence electrons. The van der Waals surface area contributed by atoms with Crippen LogP contribution in [0.25, 0.3) is 0 Å². The third-order valence-corrected chi connectivity index (χ3v) is 10.3. The zero-order valence-electron chi connectivity index (χ0n) is 27.5. The Morgan fingerprint density at radius 1 is 0.953 bits per heavy atom. The molecule has 0 fully saturated rings. The van der Waals surface area contributed by atoms with Crippen molar-refractivity contribution >= 4 is 28.7 Å². The van der Waals surface area contributed by atoms with Gasteiger partial charge in [0.05, 0.1) is 19.1 Å². The lowest BCUT2D eigenvalue weighted by Crippen LogP contribution is -2.27. The molecule has 2 heterocycles. The lowest BCUT2D eigenvalue weighted by Gasteiger charge is -2.26. The number of nitrogens with zero attached hydrogens (tertiary/aromatic N) is 2. The highest BCUT2D eigenvalue weighted by atomic mass is 35.5. The van der Waals surface area contributed by atoms with E-state index >= 15 is 0 Å². The average Bonchev–Trinajstić information content (AvgIpc) is 3.34. The van der Waals surface area contributed by atoms with Crippen molar-refractivity contribution in [3.05, 3.63) is 98.3 Å². The molecule has 4 nitrogen and oxygen atoms in total.